The summed E-state index contributed by atoms with van der Waals surface area (Å²) in [5, 5.41) is 8.69. The second-order valence-corrected chi connectivity index (χ2v) is 6.03. The molecule has 1 N–H and O–H groups in total. The summed E-state index contributed by atoms with van der Waals surface area (Å²) in [7, 11) is 0. The Kier molecular flexibility index (Phi) is 4.31. The molecule has 0 spiro atoms. The summed E-state index contributed by atoms with van der Waals surface area (Å²) in [5.74, 6) is -0.790. The molecule has 0 saturated carbocycles. The normalized spacial score (nSPS) is 12.6. The molecule has 23 heavy (non-hydrogen) atoms. The molecule has 2 amide bonds. The minimum absolute atomic E-state index is 0.234. The van der Waals surface area contributed by atoms with Crippen LogP contribution in [0.15, 0.2) is 30.3 Å². The van der Waals surface area contributed by atoms with E-state index in [-0.39, 0.29) is 16.5 Å². The first-order chi connectivity index (χ1) is 10.9. The molecule has 0 saturated heterocycles. The van der Waals surface area contributed by atoms with Crippen molar-refractivity contribution in [3.8, 4) is 0 Å². The molecule has 0 unspecified atom stereocenters. The number of anilines is 1. The number of rotatable bonds is 2. The lowest BCUT2D eigenvalue weighted by Gasteiger charge is -2.10. The first-order valence-corrected chi connectivity index (χ1v) is 7.60. The highest BCUT2D eigenvalue weighted by Gasteiger charge is 2.13. The van der Waals surface area contributed by atoms with Crippen LogP contribution < -0.4 is 21.1 Å². The molecular formula is C16H8Cl3N2O2. The predicted molar refractivity (Wildman–Crippen MR) is 91.2 cm³/mol. The molecule has 1 radical (unpaired) electrons. The molecule has 2 aromatic carbocycles. The molecule has 1 aliphatic rings. The van der Waals surface area contributed by atoms with E-state index in [1.165, 1.54) is 24.4 Å². The highest BCUT2D eigenvalue weighted by molar-refractivity contribution is 6.37. The zero-order chi connectivity index (χ0) is 16.6. The van der Waals surface area contributed by atoms with Crippen LogP contribution in [0.25, 0.3) is 12.3 Å². The van der Waals surface area contributed by atoms with Crippen molar-refractivity contribution in [3.05, 3.63) is 61.4 Å². The second-order valence-electron chi connectivity index (χ2n) is 4.78. The van der Waals surface area contributed by atoms with Crippen LogP contribution in [-0.2, 0) is 4.79 Å². The molecule has 0 aliphatic carbocycles. The van der Waals surface area contributed by atoms with E-state index in [0.29, 0.717) is 26.2 Å². The molecule has 0 atom stereocenters. The molecular weight excluding hydrogens is 359 g/mol. The number of amides is 2. The molecule has 115 valence electrons. The van der Waals surface area contributed by atoms with Crippen LogP contribution in [0.4, 0.5) is 5.69 Å². The first-order valence-electron chi connectivity index (χ1n) is 6.47. The number of halogens is 3. The third-order valence-electron chi connectivity index (χ3n) is 3.21. The second kappa shape index (κ2) is 6.24. The van der Waals surface area contributed by atoms with Crippen LogP contribution >= 0.6 is 34.8 Å². The van der Waals surface area contributed by atoms with Gasteiger partial charge < -0.3 is 5.32 Å². The zero-order valence-electron chi connectivity index (χ0n) is 11.4. The van der Waals surface area contributed by atoms with Gasteiger partial charge in [0.1, 0.15) is 0 Å². The molecule has 1 aliphatic heterocycles. The molecule has 3 rings (SSSR count). The van der Waals surface area contributed by atoms with Crippen LogP contribution in [0.5, 0.6) is 0 Å². The van der Waals surface area contributed by atoms with E-state index < -0.39 is 5.91 Å². The number of fused-ring (bicyclic) bond motifs is 1. The topological polar surface area (TPSA) is 60.3 Å². The number of benzene rings is 2. The van der Waals surface area contributed by atoms with Crippen molar-refractivity contribution in [1.82, 2.24) is 5.32 Å². The number of nitrogens with zero attached hydrogens (tertiary/aromatic N) is 1. The molecule has 1 heterocycles. The quantitative estimate of drug-likeness (QED) is 0.888. The lowest BCUT2D eigenvalue weighted by Crippen LogP contribution is -2.33. The molecule has 0 fully saturated rings. The van der Waals surface area contributed by atoms with Crippen molar-refractivity contribution < 1.29 is 9.59 Å². The smallest absolute Gasteiger partial charge is 0.270 e. The highest BCUT2D eigenvalue weighted by atomic mass is 35.5. The standard InChI is InChI=1S/C16H8Cl3N2O2/c17-10-1-2-11(12(18)6-10)16(23)21-14-4-8-5-15(22)20-7-9(8)3-13(14)19/h1-7H,(H,21,23). The average molecular weight is 367 g/mol. The van der Waals surface area contributed by atoms with Crippen LogP contribution in [0.2, 0.25) is 15.1 Å². The Morgan fingerprint density at radius 3 is 2.52 bits per heavy atom. The van der Waals surface area contributed by atoms with Crippen LogP contribution in [-0.4, -0.2) is 11.8 Å². The fraction of sp³-hybridized carbons (Fsp3) is 0. The van der Waals surface area contributed by atoms with Gasteiger partial charge in [-0.05, 0) is 35.6 Å². The molecule has 0 bridgehead atoms. The average Bonchev–Trinajstić information content (AvgIpc) is 2.48. The van der Waals surface area contributed by atoms with Gasteiger partial charge in [0.05, 0.1) is 21.3 Å². The number of hydrogen-bond acceptors (Lipinski definition) is 2. The summed E-state index contributed by atoms with van der Waals surface area (Å²) in [6, 6.07) is 7.81. The van der Waals surface area contributed by atoms with Gasteiger partial charge in [-0.2, -0.15) is 0 Å². The fourth-order valence-corrected chi connectivity index (χ4v) is 2.82. The summed E-state index contributed by atoms with van der Waals surface area (Å²) >= 11 is 18.0. The van der Waals surface area contributed by atoms with Gasteiger partial charge in [-0.15, -0.1) is 0 Å². The van der Waals surface area contributed by atoms with Crippen LogP contribution in [0.3, 0.4) is 0 Å². The van der Waals surface area contributed by atoms with Crippen molar-refractivity contribution in [3.63, 3.8) is 0 Å². The Balaban J connectivity index is 1.97. The molecule has 4 nitrogen and oxygen atoms in total. The molecule has 7 heteroatoms. The van der Waals surface area contributed by atoms with Gasteiger partial charge in [0.2, 0.25) is 0 Å². The predicted octanol–water partition coefficient (Wildman–Crippen LogP) is 2.56. The number of nitrogens with one attached hydrogen (secondary N) is 1. The zero-order valence-corrected chi connectivity index (χ0v) is 13.7. The van der Waals surface area contributed by atoms with Gasteiger partial charge in [0, 0.05) is 22.5 Å². The number of carbonyl (C=O) groups is 2. The first kappa shape index (κ1) is 15.9. The Labute approximate surface area is 146 Å². The Morgan fingerprint density at radius 1 is 1.00 bits per heavy atom. The van der Waals surface area contributed by atoms with Crippen molar-refractivity contribution in [2.45, 2.75) is 0 Å². The monoisotopic (exact) mass is 365 g/mol. The van der Waals surface area contributed by atoms with Crippen molar-refractivity contribution in [2.24, 2.45) is 0 Å². The maximum atomic E-state index is 12.3. The Bertz CT molecular complexity index is 955. The van der Waals surface area contributed by atoms with Gasteiger partial charge in [-0.1, -0.05) is 34.8 Å². The van der Waals surface area contributed by atoms with E-state index in [9.17, 15) is 9.59 Å². The SMILES string of the molecule is O=C1C=c2cc(NC(=O)c3ccc(Cl)cc3Cl)c(Cl)cc2=C[N]1. The third kappa shape index (κ3) is 3.34. The third-order valence-corrected chi connectivity index (χ3v) is 4.07. The van der Waals surface area contributed by atoms with E-state index in [4.69, 9.17) is 34.8 Å². The van der Waals surface area contributed by atoms with E-state index in [1.54, 1.807) is 18.2 Å². The number of carbonyl (C=O) groups excluding carboxylic acids is 2. The maximum Gasteiger partial charge on any atom is 0.270 e. The minimum atomic E-state index is -0.427. The van der Waals surface area contributed by atoms with Gasteiger partial charge in [-0.25, -0.2) is 5.32 Å². The van der Waals surface area contributed by atoms with E-state index in [0.717, 1.165) is 0 Å². The summed E-state index contributed by atoms with van der Waals surface area (Å²) in [6.45, 7) is 0. The lowest BCUT2D eigenvalue weighted by molar-refractivity contribution is -0.114. The van der Waals surface area contributed by atoms with Crippen molar-refractivity contribution >= 4 is 64.6 Å². The van der Waals surface area contributed by atoms with Gasteiger partial charge in [0.25, 0.3) is 11.8 Å². The summed E-state index contributed by atoms with van der Waals surface area (Å²) in [5.41, 5.74) is 0.646. The summed E-state index contributed by atoms with van der Waals surface area (Å²) in [4.78, 5) is 23.7. The maximum absolute atomic E-state index is 12.3. The largest absolute Gasteiger partial charge is 0.321 e. The van der Waals surface area contributed by atoms with Crippen molar-refractivity contribution in [2.75, 3.05) is 5.32 Å². The Morgan fingerprint density at radius 2 is 1.78 bits per heavy atom. The van der Waals surface area contributed by atoms with Gasteiger partial charge >= 0.3 is 0 Å². The number of hydrogen-bond donors (Lipinski definition) is 1. The summed E-state index contributed by atoms with van der Waals surface area (Å²) < 4.78 is 0. The Hall–Kier alpha value is -2.01. The van der Waals surface area contributed by atoms with E-state index >= 15 is 0 Å². The minimum Gasteiger partial charge on any atom is -0.321 e. The van der Waals surface area contributed by atoms with E-state index in [2.05, 4.69) is 10.6 Å². The molecule has 0 aromatic heterocycles. The fourth-order valence-electron chi connectivity index (χ4n) is 2.10. The van der Waals surface area contributed by atoms with E-state index in [1.807, 2.05) is 0 Å². The lowest BCUT2D eigenvalue weighted by atomic mass is 10.1. The highest BCUT2D eigenvalue weighted by Crippen LogP contribution is 2.23. The van der Waals surface area contributed by atoms with Gasteiger partial charge in [0.15, 0.2) is 0 Å². The molecule has 2 aromatic rings. The van der Waals surface area contributed by atoms with Crippen LogP contribution in [0.1, 0.15) is 10.4 Å². The van der Waals surface area contributed by atoms with Crippen LogP contribution in [0, 0.1) is 0 Å². The van der Waals surface area contributed by atoms with Gasteiger partial charge in [-0.3, -0.25) is 9.59 Å². The van der Waals surface area contributed by atoms with Crippen molar-refractivity contribution in [1.29, 1.82) is 0 Å². The summed E-state index contributed by atoms with van der Waals surface area (Å²) in [6.07, 6.45) is 2.81.